The number of carbonyl (C=O) groups is 2. The summed E-state index contributed by atoms with van der Waals surface area (Å²) in [6, 6.07) is 16.0. The van der Waals surface area contributed by atoms with Crippen LogP contribution >= 0.6 is 0 Å². The molecule has 0 fully saturated rings. The van der Waals surface area contributed by atoms with Crippen molar-refractivity contribution in [2.24, 2.45) is 5.92 Å². The molecule has 0 saturated carbocycles. The second-order valence-electron chi connectivity index (χ2n) is 5.72. The number of carbonyl (C=O) groups excluding carboxylic acids is 2. The van der Waals surface area contributed by atoms with Gasteiger partial charge in [-0.15, -0.1) is 0 Å². The first-order chi connectivity index (χ1) is 11.6. The molecular weight excluding hydrogens is 304 g/mol. The zero-order chi connectivity index (χ0) is 17.5. The van der Waals surface area contributed by atoms with Gasteiger partial charge in [-0.1, -0.05) is 37.3 Å². The molecule has 0 unspecified atom stereocenters. The molecule has 2 rings (SSSR count). The quantitative estimate of drug-likeness (QED) is 0.692. The lowest BCUT2D eigenvalue weighted by atomic mass is 9.90. The van der Waals surface area contributed by atoms with Gasteiger partial charge in [-0.05, 0) is 30.2 Å². The lowest BCUT2D eigenvalue weighted by Gasteiger charge is -2.21. The first-order valence-electron chi connectivity index (χ1n) is 7.86. The van der Waals surface area contributed by atoms with Crippen molar-refractivity contribution in [2.75, 3.05) is 14.2 Å². The maximum absolute atomic E-state index is 12.7. The Hall–Kier alpha value is -2.46. The summed E-state index contributed by atoms with van der Waals surface area (Å²) in [5.41, 5.74) is 1.19. The maximum atomic E-state index is 12.7. The number of benzene rings is 2. The maximum Gasteiger partial charge on any atom is 0.191 e. The Labute approximate surface area is 142 Å². The molecule has 24 heavy (non-hydrogen) atoms. The van der Waals surface area contributed by atoms with Crippen LogP contribution in [0.15, 0.2) is 54.6 Å². The average molecular weight is 326 g/mol. The third-order valence-electron chi connectivity index (χ3n) is 4.01. The van der Waals surface area contributed by atoms with Gasteiger partial charge in [0.1, 0.15) is 11.9 Å². The molecule has 0 bridgehead atoms. The monoisotopic (exact) mass is 326 g/mol. The third kappa shape index (κ3) is 4.30. The molecule has 2 aromatic carbocycles. The number of Topliss-reactive ketones (excluding diaryl/α,β-unsaturated/α-hetero) is 2. The third-order valence-corrected chi connectivity index (χ3v) is 4.01. The molecule has 0 heterocycles. The first-order valence-corrected chi connectivity index (χ1v) is 7.86. The van der Waals surface area contributed by atoms with Crippen molar-refractivity contribution in [1.29, 1.82) is 0 Å². The van der Waals surface area contributed by atoms with E-state index in [0.29, 0.717) is 16.9 Å². The van der Waals surface area contributed by atoms with E-state index in [0.717, 1.165) is 0 Å². The molecule has 0 aliphatic carbocycles. The average Bonchev–Trinajstić information content (AvgIpc) is 2.63. The molecular formula is C20H22O4. The Morgan fingerprint density at radius 1 is 0.917 bits per heavy atom. The van der Waals surface area contributed by atoms with Crippen LogP contribution in [0.1, 0.15) is 34.1 Å². The molecule has 4 heteroatoms. The van der Waals surface area contributed by atoms with Crippen LogP contribution in [-0.4, -0.2) is 31.9 Å². The van der Waals surface area contributed by atoms with Gasteiger partial charge in [0.15, 0.2) is 11.6 Å². The molecule has 4 nitrogen and oxygen atoms in total. The summed E-state index contributed by atoms with van der Waals surface area (Å²) in [6.45, 7) is 1.86. The molecule has 2 atom stereocenters. The van der Waals surface area contributed by atoms with Crippen molar-refractivity contribution in [3.8, 4) is 5.75 Å². The van der Waals surface area contributed by atoms with Crippen LogP contribution in [-0.2, 0) is 4.74 Å². The van der Waals surface area contributed by atoms with Gasteiger partial charge < -0.3 is 9.47 Å². The molecule has 0 aliphatic rings. The highest BCUT2D eigenvalue weighted by molar-refractivity contribution is 6.01. The number of hydrogen-bond donors (Lipinski definition) is 0. The predicted octanol–water partition coefficient (Wildman–Crippen LogP) is 3.80. The zero-order valence-corrected chi connectivity index (χ0v) is 14.2. The zero-order valence-electron chi connectivity index (χ0n) is 14.2. The lowest BCUT2D eigenvalue weighted by Crippen LogP contribution is -2.31. The van der Waals surface area contributed by atoms with E-state index in [1.54, 1.807) is 43.5 Å². The smallest absolute Gasteiger partial charge is 0.191 e. The number of ether oxygens (including phenoxy) is 2. The van der Waals surface area contributed by atoms with Crippen molar-refractivity contribution in [1.82, 2.24) is 0 Å². The molecule has 0 saturated heterocycles. The van der Waals surface area contributed by atoms with Gasteiger partial charge in [0.25, 0.3) is 0 Å². The highest BCUT2D eigenvalue weighted by Gasteiger charge is 2.27. The molecule has 0 N–H and O–H groups in total. The molecule has 0 aromatic heterocycles. The molecule has 0 aliphatic heterocycles. The number of rotatable bonds is 8. The van der Waals surface area contributed by atoms with Crippen LogP contribution in [0.3, 0.4) is 0 Å². The van der Waals surface area contributed by atoms with Crippen LogP contribution in [0.2, 0.25) is 0 Å². The summed E-state index contributed by atoms with van der Waals surface area (Å²) in [5, 5.41) is 0. The predicted molar refractivity (Wildman–Crippen MR) is 92.7 cm³/mol. The minimum Gasteiger partial charge on any atom is -0.497 e. The second kappa shape index (κ2) is 8.41. The van der Waals surface area contributed by atoms with Crippen molar-refractivity contribution < 1.29 is 19.1 Å². The van der Waals surface area contributed by atoms with E-state index in [-0.39, 0.29) is 23.9 Å². The van der Waals surface area contributed by atoms with Crippen LogP contribution in [0.5, 0.6) is 5.75 Å². The van der Waals surface area contributed by atoms with Gasteiger partial charge in [0.05, 0.1) is 7.11 Å². The Kier molecular flexibility index (Phi) is 6.27. The van der Waals surface area contributed by atoms with Gasteiger partial charge in [-0.2, -0.15) is 0 Å². The van der Waals surface area contributed by atoms with Gasteiger partial charge in [-0.25, -0.2) is 0 Å². The summed E-state index contributed by atoms with van der Waals surface area (Å²) in [7, 11) is 3.07. The van der Waals surface area contributed by atoms with Gasteiger partial charge >= 0.3 is 0 Å². The largest absolute Gasteiger partial charge is 0.497 e. The first kappa shape index (κ1) is 17.9. The SMILES string of the molecule is COc1ccc(C(=O)[C@@H](OC)[C@@H](C)CC(=O)c2ccccc2)cc1. The van der Waals surface area contributed by atoms with Crippen LogP contribution < -0.4 is 4.74 Å². The van der Waals surface area contributed by atoms with Crippen molar-refractivity contribution in [3.05, 3.63) is 65.7 Å². The fraction of sp³-hybridized carbons (Fsp3) is 0.300. The van der Waals surface area contributed by atoms with E-state index in [4.69, 9.17) is 9.47 Å². The summed E-state index contributed by atoms with van der Waals surface area (Å²) in [4.78, 5) is 25.0. The van der Waals surface area contributed by atoms with Crippen molar-refractivity contribution in [3.63, 3.8) is 0 Å². The van der Waals surface area contributed by atoms with Crippen molar-refractivity contribution in [2.45, 2.75) is 19.4 Å². The fourth-order valence-corrected chi connectivity index (χ4v) is 2.66. The number of hydrogen-bond acceptors (Lipinski definition) is 4. The summed E-state index contributed by atoms with van der Waals surface area (Å²) < 4.78 is 10.5. The Morgan fingerprint density at radius 2 is 1.54 bits per heavy atom. The van der Waals surface area contributed by atoms with Gasteiger partial charge in [0, 0.05) is 24.7 Å². The fourth-order valence-electron chi connectivity index (χ4n) is 2.66. The number of ketones is 2. The highest BCUT2D eigenvalue weighted by Crippen LogP contribution is 2.20. The molecule has 2 aromatic rings. The second-order valence-corrected chi connectivity index (χ2v) is 5.72. The van der Waals surface area contributed by atoms with Gasteiger partial charge in [0.2, 0.25) is 0 Å². The van der Waals surface area contributed by atoms with Crippen LogP contribution in [0.4, 0.5) is 0 Å². The highest BCUT2D eigenvalue weighted by atomic mass is 16.5. The topological polar surface area (TPSA) is 52.6 Å². The molecule has 126 valence electrons. The van der Waals surface area contributed by atoms with E-state index in [1.807, 2.05) is 25.1 Å². The van der Waals surface area contributed by atoms with E-state index in [2.05, 4.69) is 0 Å². The molecule has 0 spiro atoms. The Morgan fingerprint density at radius 3 is 2.08 bits per heavy atom. The van der Waals surface area contributed by atoms with Gasteiger partial charge in [-0.3, -0.25) is 9.59 Å². The van der Waals surface area contributed by atoms with E-state index >= 15 is 0 Å². The molecule has 0 radical (unpaired) electrons. The molecule has 0 amide bonds. The van der Waals surface area contributed by atoms with Crippen LogP contribution in [0.25, 0.3) is 0 Å². The van der Waals surface area contributed by atoms with E-state index < -0.39 is 6.10 Å². The van der Waals surface area contributed by atoms with Crippen LogP contribution in [0, 0.1) is 5.92 Å². The normalized spacial score (nSPS) is 13.1. The minimum atomic E-state index is -0.661. The summed E-state index contributed by atoms with van der Waals surface area (Å²) in [5.74, 6) is 0.339. The standard InChI is InChI=1S/C20H22O4/c1-14(13-18(21)15-7-5-4-6-8-15)20(24-3)19(22)16-9-11-17(23-2)12-10-16/h4-12,14,20H,13H2,1-3H3/t14-,20-/m0/s1. The Balaban J connectivity index is 2.08. The van der Waals surface area contributed by atoms with Crippen molar-refractivity contribution >= 4 is 11.6 Å². The Bertz CT molecular complexity index is 677. The lowest BCUT2D eigenvalue weighted by molar-refractivity contribution is 0.0408. The summed E-state index contributed by atoms with van der Waals surface area (Å²) in [6.07, 6.45) is -0.407. The summed E-state index contributed by atoms with van der Waals surface area (Å²) >= 11 is 0. The number of methoxy groups -OCH3 is 2. The van der Waals surface area contributed by atoms with E-state index in [1.165, 1.54) is 7.11 Å². The minimum absolute atomic E-state index is 0.00711. The van der Waals surface area contributed by atoms with E-state index in [9.17, 15) is 9.59 Å².